The van der Waals surface area contributed by atoms with E-state index in [9.17, 15) is 0 Å². The van der Waals surface area contributed by atoms with Crippen molar-refractivity contribution in [3.63, 3.8) is 0 Å². The Hall–Kier alpha value is -0.210. The fraction of sp³-hybridized carbons (Fsp3) is 0.538. The van der Waals surface area contributed by atoms with Crippen molar-refractivity contribution in [1.29, 1.82) is 0 Å². The Morgan fingerprint density at radius 1 is 1.19 bits per heavy atom. The summed E-state index contributed by atoms with van der Waals surface area (Å²) in [6, 6.07) is 6.81. The minimum atomic E-state index is 0.702. The van der Waals surface area contributed by atoms with E-state index in [1.165, 1.54) is 31.4 Å². The highest BCUT2D eigenvalue weighted by Gasteiger charge is 2.41. The molecule has 0 atom stereocenters. The molecule has 0 aliphatic heterocycles. The predicted molar refractivity (Wildman–Crippen MR) is 72.0 cm³/mol. The average Bonchev–Trinajstić information content (AvgIpc) is 3.14. The monoisotopic (exact) mass is 299 g/mol. The van der Waals surface area contributed by atoms with Crippen molar-refractivity contribution in [2.75, 3.05) is 5.32 Å². The van der Waals surface area contributed by atoms with Gasteiger partial charge in [0.05, 0.1) is 5.02 Å². The molecule has 2 fully saturated rings. The fourth-order valence-electron chi connectivity index (χ4n) is 2.31. The average molecular weight is 301 g/mol. The zero-order chi connectivity index (χ0) is 11.1. The van der Waals surface area contributed by atoms with E-state index in [1.807, 2.05) is 6.07 Å². The first-order valence-corrected chi connectivity index (χ1v) is 7.13. The minimum Gasteiger partial charge on any atom is -0.382 e. The maximum Gasteiger partial charge on any atom is 0.0549 e. The second-order valence-electron chi connectivity index (χ2n) is 4.97. The molecule has 0 saturated heterocycles. The molecule has 1 N–H and O–H groups in total. The number of anilines is 1. The van der Waals surface area contributed by atoms with Crippen molar-refractivity contribution >= 4 is 33.2 Å². The maximum atomic E-state index is 5.99. The topological polar surface area (TPSA) is 12.0 Å². The van der Waals surface area contributed by atoms with Gasteiger partial charge in [0, 0.05) is 16.2 Å². The fourth-order valence-corrected chi connectivity index (χ4v) is 2.81. The van der Waals surface area contributed by atoms with Crippen molar-refractivity contribution in [1.82, 2.24) is 0 Å². The molecule has 3 heteroatoms. The minimum absolute atomic E-state index is 0.702. The van der Waals surface area contributed by atoms with Gasteiger partial charge >= 0.3 is 0 Å². The van der Waals surface area contributed by atoms with E-state index in [1.54, 1.807) is 0 Å². The lowest BCUT2D eigenvalue weighted by molar-refractivity contribution is 0.568. The van der Waals surface area contributed by atoms with Crippen LogP contribution in [0.3, 0.4) is 0 Å². The first-order valence-electron chi connectivity index (χ1n) is 5.95. The maximum absolute atomic E-state index is 5.99. The molecule has 16 heavy (non-hydrogen) atoms. The summed E-state index contributed by atoms with van der Waals surface area (Å²) in [5, 5.41) is 4.46. The third-order valence-corrected chi connectivity index (χ3v) is 4.73. The van der Waals surface area contributed by atoms with Crippen LogP contribution in [-0.2, 0) is 0 Å². The highest BCUT2D eigenvalue weighted by atomic mass is 79.9. The van der Waals surface area contributed by atoms with Crippen LogP contribution in [0.4, 0.5) is 5.69 Å². The zero-order valence-corrected chi connectivity index (χ0v) is 11.4. The van der Waals surface area contributed by atoms with Gasteiger partial charge in [0.1, 0.15) is 0 Å². The molecule has 1 aromatic rings. The second-order valence-corrected chi connectivity index (χ2v) is 6.24. The molecule has 2 aliphatic rings. The molecule has 86 valence electrons. The quantitative estimate of drug-likeness (QED) is 0.849. The number of halogens is 2. The molecule has 0 spiro atoms. The van der Waals surface area contributed by atoms with E-state index in [4.69, 9.17) is 11.6 Å². The SMILES string of the molecule is Clc1ccc(NC(C2CC2)C2CC2)cc1Br. The van der Waals surface area contributed by atoms with Crippen LogP contribution in [0, 0.1) is 11.8 Å². The predicted octanol–water partition coefficient (Wildman–Crippen LogP) is 4.70. The second kappa shape index (κ2) is 4.23. The largest absolute Gasteiger partial charge is 0.382 e. The van der Waals surface area contributed by atoms with Gasteiger partial charge in [0.15, 0.2) is 0 Å². The van der Waals surface area contributed by atoms with Crippen molar-refractivity contribution in [3.8, 4) is 0 Å². The van der Waals surface area contributed by atoms with Gasteiger partial charge in [-0.1, -0.05) is 11.6 Å². The van der Waals surface area contributed by atoms with Gasteiger partial charge in [-0.2, -0.15) is 0 Å². The number of nitrogens with one attached hydrogen (secondary N) is 1. The molecule has 1 nitrogen and oxygen atoms in total. The highest BCUT2D eigenvalue weighted by Crippen LogP contribution is 2.46. The van der Waals surface area contributed by atoms with Crippen LogP contribution in [0.1, 0.15) is 25.7 Å². The Balaban J connectivity index is 1.73. The van der Waals surface area contributed by atoms with Crippen molar-refractivity contribution in [2.45, 2.75) is 31.7 Å². The lowest BCUT2D eigenvalue weighted by atomic mass is 10.1. The molecular formula is C13H15BrClN. The lowest BCUT2D eigenvalue weighted by Crippen LogP contribution is -2.24. The molecule has 3 rings (SSSR count). The molecule has 0 amide bonds. The van der Waals surface area contributed by atoms with Gasteiger partial charge < -0.3 is 5.32 Å². The summed E-state index contributed by atoms with van der Waals surface area (Å²) in [7, 11) is 0. The van der Waals surface area contributed by atoms with E-state index >= 15 is 0 Å². The summed E-state index contributed by atoms with van der Waals surface area (Å²) < 4.78 is 0.976. The Labute approximate surface area is 110 Å². The van der Waals surface area contributed by atoms with Gasteiger partial charge in [0.2, 0.25) is 0 Å². The molecule has 0 unspecified atom stereocenters. The Morgan fingerprint density at radius 3 is 2.31 bits per heavy atom. The molecule has 0 radical (unpaired) electrons. The van der Waals surface area contributed by atoms with E-state index in [-0.39, 0.29) is 0 Å². The van der Waals surface area contributed by atoms with Crippen LogP contribution in [0.15, 0.2) is 22.7 Å². The van der Waals surface area contributed by atoms with E-state index in [0.29, 0.717) is 6.04 Å². The van der Waals surface area contributed by atoms with Crippen LogP contribution < -0.4 is 5.32 Å². The summed E-state index contributed by atoms with van der Waals surface area (Å²) in [5.41, 5.74) is 1.19. The van der Waals surface area contributed by atoms with Crippen LogP contribution in [0.25, 0.3) is 0 Å². The van der Waals surface area contributed by atoms with Crippen molar-refractivity contribution < 1.29 is 0 Å². The number of benzene rings is 1. The summed E-state index contributed by atoms with van der Waals surface area (Å²) in [4.78, 5) is 0. The van der Waals surface area contributed by atoms with Crippen LogP contribution in [0.5, 0.6) is 0 Å². The molecule has 0 aromatic heterocycles. The third kappa shape index (κ3) is 2.38. The van der Waals surface area contributed by atoms with Gasteiger partial charge in [0.25, 0.3) is 0 Å². The molecule has 2 saturated carbocycles. The van der Waals surface area contributed by atoms with Gasteiger partial charge in [-0.15, -0.1) is 0 Å². The normalized spacial score (nSPS) is 20.2. The smallest absolute Gasteiger partial charge is 0.0549 e. The van der Waals surface area contributed by atoms with Crippen molar-refractivity contribution in [3.05, 3.63) is 27.7 Å². The molecule has 2 aliphatic carbocycles. The lowest BCUT2D eigenvalue weighted by Gasteiger charge is -2.19. The molecule has 1 aromatic carbocycles. The van der Waals surface area contributed by atoms with Gasteiger partial charge in [-0.25, -0.2) is 0 Å². The zero-order valence-electron chi connectivity index (χ0n) is 9.05. The summed E-state index contributed by atoms with van der Waals surface area (Å²) in [6.07, 6.45) is 5.62. The third-order valence-electron chi connectivity index (χ3n) is 3.51. The van der Waals surface area contributed by atoms with E-state index in [0.717, 1.165) is 21.3 Å². The van der Waals surface area contributed by atoms with Crippen LogP contribution >= 0.6 is 27.5 Å². The summed E-state index contributed by atoms with van der Waals surface area (Å²) in [6.45, 7) is 0. The van der Waals surface area contributed by atoms with E-state index in [2.05, 4.69) is 33.4 Å². The number of hydrogen-bond donors (Lipinski definition) is 1. The molecular weight excluding hydrogens is 286 g/mol. The van der Waals surface area contributed by atoms with Crippen molar-refractivity contribution in [2.24, 2.45) is 11.8 Å². The highest BCUT2D eigenvalue weighted by molar-refractivity contribution is 9.10. The first kappa shape index (κ1) is 10.9. The Bertz CT molecular complexity index is 387. The Morgan fingerprint density at radius 2 is 1.81 bits per heavy atom. The summed E-state index contributed by atoms with van der Waals surface area (Å²) >= 11 is 9.46. The Kier molecular flexibility index (Phi) is 2.88. The molecule has 0 bridgehead atoms. The van der Waals surface area contributed by atoms with Crippen LogP contribution in [0.2, 0.25) is 5.02 Å². The number of hydrogen-bond acceptors (Lipinski definition) is 1. The number of rotatable bonds is 4. The van der Waals surface area contributed by atoms with E-state index < -0.39 is 0 Å². The summed E-state index contributed by atoms with van der Waals surface area (Å²) in [5.74, 6) is 1.84. The van der Waals surface area contributed by atoms with Gasteiger partial charge in [-0.05, 0) is 71.6 Å². The van der Waals surface area contributed by atoms with Crippen LogP contribution in [-0.4, -0.2) is 6.04 Å². The first-order chi connectivity index (χ1) is 7.74. The standard InChI is InChI=1S/C13H15BrClN/c14-11-7-10(5-6-12(11)15)16-13(8-1-2-8)9-3-4-9/h5-9,13,16H,1-4H2. The molecule has 0 heterocycles. The van der Waals surface area contributed by atoms with Gasteiger partial charge in [-0.3, -0.25) is 0 Å².